The topological polar surface area (TPSA) is 30.2 Å². The Hall–Kier alpha value is -1.03. The molecule has 11 heavy (non-hydrogen) atoms. The average Bonchev–Trinajstić information content (AvgIpc) is 2.46. The zero-order valence-electron chi connectivity index (χ0n) is 6.06. The molecule has 2 rings (SSSR count). The van der Waals surface area contributed by atoms with Gasteiger partial charge < -0.3 is 0 Å². The van der Waals surface area contributed by atoms with Crippen LogP contribution in [0.3, 0.4) is 0 Å². The van der Waals surface area contributed by atoms with Gasteiger partial charge in [-0.25, -0.2) is 9.50 Å². The normalized spacial score (nSPS) is 10.6. The molecule has 0 atom stereocenters. The molecule has 0 aromatic carbocycles. The number of hydrogen-bond donors (Lipinski definition) is 0. The summed E-state index contributed by atoms with van der Waals surface area (Å²) in [4.78, 5) is 4.25. The van der Waals surface area contributed by atoms with E-state index in [-0.39, 0.29) is 0 Å². The Labute approximate surface area is 68.4 Å². The van der Waals surface area contributed by atoms with E-state index in [4.69, 9.17) is 0 Å². The van der Waals surface area contributed by atoms with Crippen LogP contribution in [0.15, 0.2) is 29.6 Å². The number of nitrogens with zero attached hydrogens (tertiary/aromatic N) is 3. The van der Waals surface area contributed by atoms with Crippen LogP contribution in [0.4, 0.5) is 0 Å². The molecular weight excluding hydrogens is 158 g/mol. The monoisotopic (exact) mass is 165 g/mol. The quantitative estimate of drug-likeness (QED) is 0.599. The van der Waals surface area contributed by atoms with E-state index in [1.54, 1.807) is 16.3 Å². The summed E-state index contributed by atoms with van der Waals surface area (Å²) in [5, 5.41) is 5.02. The fraction of sp³-hybridized carbons (Fsp3) is 0.143. The third-order valence-corrected chi connectivity index (χ3v) is 1.94. The Bertz CT molecular complexity index is 335. The molecule has 4 heteroatoms. The predicted molar refractivity (Wildman–Crippen MR) is 44.8 cm³/mol. The van der Waals surface area contributed by atoms with Crippen LogP contribution in [0.25, 0.3) is 5.65 Å². The number of aromatic nitrogens is 3. The van der Waals surface area contributed by atoms with Crippen molar-refractivity contribution in [2.45, 2.75) is 5.16 Å². The van der Waals surface area contributed by atoms with Gasteiger partial charge >= 0.3 is 0 Å². The number of fused-ring (bicyclic) bond motifs is 1. The lowest BCUT2D eigenvalue weighted by molar-refractivity contribution is 0.888. The second kappa shape index (κ2) is 2.54. The lowest BCUT2D eigenvalue weighted by Crippen LogP contribution is -1.83. The molecule has 0 aliphatic rings. The molecule has 0 saturated heterocycles. The van der Waals surface area contributed by atoms with Crippen LogP contribution in [0.1, 0.15) is 0 Å². The minimum Gasteiger partial charge on any atom is -0.220 e. The lowest BCUT2D eigenvalue weighted by Gasteiger charge is -1.84. The van der Waals surface area contributed by atoms with Crippen molar-refractivity contribution in [1.29, 1.82) is 0 Å². The Kier molecular flexibility index (Phi) is 1.54. The molecular formula is C7H7N3S. The van der Waals surface area contributed by atoms with E-state index >= 15 is 0 Å². The fourth-order valence-corrected chi connectivity index (χ4v) is 1.25. The van der Waals surface area contributed by atoms with Gasteiger partial charge in [-0.1, -0.05) is 17.8 Å². The van der Waals surface area contributed by atoms with Crippen molar-refractivity contribution in [1.82, 2.24) is 14.6 Å². The first-order valence-electron chi connectivity index (χ1n) is 3.25. The van der Waals surface area contributed by atoms with Gasteiger partial charge in [0.2, 0.25) is 5.16 Å². The maximum absolute atomic E-state index is 4.25. The second-order valence-corrected chi connectivity index (χ2v) is 2.88. The highest BCUT2D eigenvalue weighted by Crippen LogP contribution is 2.09. The summed E-state index contributed by atoms with van der Waals surface area (Å²) in [6.45, 7) is 0. The zero-order chi connectivity index (χ0) is 7.68. The summed E-state index contributed by atoms with van der Waals surface area (Å²) in [6, 6.07) is 5.83. The van der Waals surface area contributed by atoms with Crippen LogP contribution >= 0.6 is 11.8 Å². The molecule has 0 fully saturated rings. The molecule has 2 aromatic heterocycles. The van der Waals surface area contributed by atoms with Gasteiger partial charge in [-0.3, -0.25) is 0 Å². The Balaban J connectivity index is 2.69. The van der Waals surface area contributed by atoms with Gasteiger partial charge in [-0.2, -0.15) is 0 Å². The van der Waals surface area contributed by atoms with Crippen molar-refractivity contribution in [3.8, 4) is 0 Å². The average molecular weight is 165 g/mol. The van der Waals surface area contributed by atoms with Crippen LogP contribution in [0.5, 0.6) is 0 Å². The summed E-state index contributed by atoms with van der Waals surface area (Å²) in [6.07, 6.45) is 3.86. The standard InChI is InChI=1S/C7H7N3S/c1-11-7-8-6-4-2-3-5-10(6)9-7/h2-5H,1H3. The van der Waals surface area contributed by atoms with Crippen LogP contribution in [0.2, 0.25) is 0 Å². The fourth-order valence-electron chi connectivity index (χ4n) is 0.898. The number of pyridine rings is 1. The van der Waals surface area contributed by atoms with Crippen LogP contribution in [0, 0.1) is 0 Å². The molecule has 0 spiro atoms. The van der Waals surface area contributed by atoms with Crippen molar-refractivity contribution in [2.24, 2.45) is 0 Å². The maximum atomic E-state index is 4.25. The molecule has 2 aromatic rings. The molecule has 0 bridgehead atoms. The predicted octanol–water partition coefficient (Wildman–Crippen LogP) is 1.45. The minimum atomic E-state index is 0.816. The Morgan fingerprint density at radius 1 is 1.45 bits per heavy atom. The van der Waals surface area contributed by atoms with Crippen molar-refractivity contribution in [3.63, 3.8) is 0 Å². The lowest BCUT2D eigenvalue weighted by atomic mass is 10.5. The van der Waals surface area contributed by atoms with Gasteiger partial charge in [-0.05, 0) is 18.4 Å². The van der Waals surface area contributed by atoms with Crippen LogP contribution in [-0.2, 0) is 0 Å². The number of thioether (sulfide) groups is 1. The molecule has 56 valence electrons. The summed E-state index contributed by atoms with van der Waals surface area (Å²) >= 11 is 1.55. The van der Waals surface area contributed by atoms with Crippen molar-refractivity contribution in [3.05, 3.63) is 24.4 Å². The minimum absolute atomic E-state index is 0.816. The van der Waals surface area contributed by atoms with Crippen LogP contribution < -0.4 is 0 Å². The smallest absolute Gasteiger partial charge is 0.209 e. The third-order valence-electron chi connectivity index (χ3n) is 1.40. The third kappa shape index (κ3) is 1.09. The van der Waals surface area contributed by atoms with Gasteiger partial charge in [0.25, 0.3) is 0 Å². The summed E-state index contributed by atoms with van der Waals surface area (Å²) in [5.74, 6) is 0. The summed E-state index contributed by atoms with van der Waals surface area (Å²) in [7, 11) is 0. The van der Waals surface area contributed by atoms with E-state index in [9.17, 15) is 0 Å². The van der Waals surface area contributed by atoms with Gasteiger partial charge in [-0.15, -0.1) is 5.10 Å². The zero-order valence-corrected chi connectivity index (χ0v) is 6.88. The van der Waals surface area contributed by atoms with E-state index in [1.165, 1.54) is 0 Å². The van der Waals surface area contributed by atoms with Crippen molar-refractivity contribution in [2.75, 3.05) is 6.26 Å². The largest absolute Gasteiger partial charge is 0.220 e. The van der Waals surface area contributed by atoms with Gasteiger partial charge in [0.1, 0.15) is 0 Å². The van der Waals surface area contributed by atoms with Crippen LogP contribution in [-0.4, -0.2) is 20.9 Å². The molecule has 2 heterocycles. The molecule has 0 saturated carbocycles. The van der Waals surface area contributed by atoms with E-state index in [2.05, 4.69) is 10.1 Å². The maximum Gasteiger partial charge on any atom is 0.209 e. The van der Waals surface area contributed by atoms with Gasteiger partial charge in [0.15, 0.2) is 5.65 Å². The summed E-state index contributed by atoms with van der Waals surface area (Å²) < 4.78 is 1.77. The molecule has 0 unspecified atom stereocenters. The molecule has 0 radical (unpaired) electrons. The van der Waals surface area contributed by atoms with E-state index in [1.807, 2.05) is 30.7 Å². The Morgan fingerprint density at radius 3 is 3.09 bits per heavy atom. The molecule has 0 amide bonds. The van der Waals surface area contributed by atoms with Gasteiger partial charge in [0, 0.05) is 6.20 Å². The SMILES string of the molecule is CSc1nc2ccccn2n1. The first-order valence-corrected chi connectivity index (χ1v) is 4.48. The number of rotatable bonds is 1. The van der Waals surface area contributed by atoms with Gasteiger partial charge in [0.05, 0.1) is 0 Å². The highest BCUT2D eigenvalue weighted by Gasteiger charge is 1.98. The first-order chi connectivity index (χ1) is 5.40. The number of hydrogen-bond acceptors (Lipinski definition) is 3. The highest BCUT2D eigenvalue weighted by molar-refractivity contribution is 7.98. The van der Waals surface area contributed by atoms with E-state index in [0.717, 1.165) is 10.8 Å². The second-order valence-electron chi connectivity index (χ2n) is 2.10. The van der Waals surface area contributed by atoms with E-state index < -0.39 is 0 Å². The Morgan fingerprint density at radius 2 is 2.36 bits per heavy atom. The van der Waals surface area contributed by atoms with Crippen molar-refractivity contribution < 1.29 is 0 Å². The molecule has 0 aliphatic carbocycles. The van der Waals surface area contributed by atoms with E-state index in [0.29, 0.717) is 0 Å². The molecule has 0 aliphatic heterocycles. The van der Waals surface area contributed by atoms with Crippen molar-refractivity contribution >= 4 is 17.4 Å². The summed E-state index contributed by atoms with van der Waals surface area (Å²) in [5.41, 5.74) is 0.900. The molecule has 0 N–H and O–H groups in total. The highest BCUT2D eigenvalue weighted by atomic mass is 32.2. The first kappa shape index (κ1) is 6.67. The molecule has 3 nitrogen and oxygen atoms in total.